The summed E-state index contributed by atoms with van der Waals surface area (Å²) < 4.78 is 10.4. The van der Waals surface area contributed by atoms with Crippen LogP contribution in [0.15, 0.2) is 18.2 Å². The molecule has 4 heteroatoms. The molecule has 80 valence electrons. The van der Waals surface area contributed by atoms with Gasteiger partial charge in [0.25, 0.3) is 5.91 Å². The van der Waals surface area contributed by atoms with Crippen LogP contribution in [0.1, 0.15) is 12.5 Å². The maximum atomic E-state index is 11.4. The van der Waals surface area contributed by atoms with E-state index in [1.165, 1.54) is 0 Å². The second-order valence-corrected chi connectivity index (χ2v) is 3.51. The molecule has 1 heterocycles. The lowest BCUT2D eigenvalue weighted by atomic mass is 10.1. The van der Waals surface area contributed by atoms with Crippen molar-refractivity contribution in [1.82, 2.24) is 0 Å². The Morgan fingerprint density at radius 1 is 1.53 bits per heavy atom. The molecule has 0 aliphatic carbocycles. The Bertz CT molecular complexity index is 389. The number of anilines is 1. The highest BCUT2D eigenvalue weighted by Gasteiger charge is 2.23. The van der Waals surface area contributed by atoms with E-state index in [1.54, 1.807) is 14.0 Å². The van der Waals surface area contributed by atoms with Gasteiger partial charge in [-0.2, -0.15) is 0 Å². The van der Waals surface area contributed by atoms with Gasteiger partial charge in [0, 0.05) is 7.11 Å². The average molecular weight is 207 g/mol. The molecule has 0 bridgehead atoms. The number of carbonyl (C=O) groups is 1. The zero-order valence-electron chi connectivity index (χ0n) is 8.74. The highest BCUT2D eigenvalue weighted by atomic mass is 16.5. The van der Waals surface area contributed by atoms with E-state index in [0.717, 1.165) is 5.56 Å². The Balaban J connectivity index is 2.29. The fourth-order valence-corrected chi connectivity index (χ4v) is 1.51. The summed E-state index contributed by atoms with van der Waals surface area (Å²) >= 11 is 0. The van der Waals surface area contributed by atoms with E-state index < -0.39 is 6.10 Å². The number of methoxy groups -OCH3 is 1. The quantitative estimate of drug-likeness (QED) is 0.800. The Morgan fingerprint density at radius 3 is 3.07 bits per heavy atom. The highest BCUT2D eigenvalue weighted by Crippen LogP contribution is 2.30. The lowest BCUT2D eigenvalue weighted by Crippen LogP contribution is -2.34. The second-order valence-electron chi connectivity index (χ2n) is 3.51. The maximum Gasteiger partial charge on any atom is 0.265 e. The van der Waals surface area contributed by atoms with Crippen LogP contribution >= 0.6 is 0 Å². The lowest BCUT2D eigenvalue weighted by Gasteiger charge is -2.23. The van der Waals surface area contributed by atoms with E-state index in [2.05, 4.69) is 5.32 Å². The third kappa shape index (κ3) is 1.94. The van der Waals surface area contributed by atoms with Crippen LogP contribution in [0.4, 0.5) is 5.69 Å². The van der Waals surface area contributed by atoms with Crippen molar-refractivity contribution >= 4 is 11.6 Å². The number of nitrogens with one attached hydrogen (secondary N) is 1. The van der Waals surface area contributed by atoms with E-state index in [-0.39, 0.29) is 5.91 Å². The summed E-state index contributed by atoms with van der Waals surface area (Å²) in [6.45, 7) is 2.25. The van der Waals surface area contributed by atoms with Gasteiger partial charge in [0.05, 0.1) is 12.3 Å². The van der Waals surface area contributed by atoms with E-state index in [0.29, 0.717) is 18.0 Å². The van der Waals surface area contributed by atoms with Crippen LogP contribution in [0.3, 0.4) is 0 Å². The monoisotopic (exact) mass is 207 g/mol. The fourth-order valence-electron chi connectivity index (χ4n) is 1.51. The Hall–Kier alpha value is -1.55. The number of hydrogen-bond acceptors (Lipinski definition) is 3. The van der Waals surface area contributed by atoms with Crippen LogP contribution < -0.4 is 10.1 Å². The molecule has 0 fully saturated rings. The molecule has 1 unspecified atom stereocenters. The van der Waals surface area contributed by atoms with Crippen molar-refractivity contribution in [3.8, 4) is 5.75 Å². The van der Waals surface area contributed by atoms with Crippen molar-refractivity contribution in [2.24, 2.45) is 0 Å². The Labute approximate surface area is 88.2 Å². The standard InChI is InChI=1S/C11H13NO3/c1-7-11(13)12-9-5-8(6-14-2)3-4-10(9)15-7/h3-5,7H,6H2,1-2H3,(H,12,13). The summed E-state index contributed by atoms with van der Waals surface area (Å²) in [5.41, 5.74) is 1.72. The number of ether oxygens (including phenoxy) is 2. The summed E-state index contributed by atoms with van der Waals surface area (Å²) in [4.78, 5) is 11.4. The molecule has 0 saturated heterocycles. The van der Waals surface area contributed by atoms with Crippen LogP contribution in [0.25, 0.3) is 0 Å². The molecule has 0 radical (unpaired) electrons. The molecule has 0 spiro atoms. The predicted molar refractivity (Wildman–Crippen MR) is 55.9 cm³/mol. The van der Waals surface area contributed by atoms with Gasteiger partial charge < -0.3 is 14.8 Å². The van der Waals surface area contributed by atoms with Crippen molar-refractivity contribution in [2.45, 2.75) is 19.6 Å². The SMILES string of the molecule is COCc1ccc2c(c1)NC(=O)C(C)O2. The molecule has 1 amide bonds. The number of carbonyl (C=O) groups excluding carboxylic acids is 1. The topological polar surface area (TPSA) is 47.6 Å². The van der Waals surface area contributed by atoms with Crippen LogP contribution in [0.2, 0.25) is 0 Å². The van der Waals surface area contributed by atoms with Gasteiger partial charge in [-0.15, -0.1) is 0 Å². The molecule has 1 aliphatic rings. The summed E-state index contributed by atoms with van der Waals surface area (Å²) in [5.74, 6) is 0.596. The van der Waals surface area contributed by atoms with Crippen LogP contribution in [-0.4, -0.2) is 19.1 Å². The second kappa shape index (κ2) is 3.90. The van der Waals surface area contributed by atoms with Crippen molar-refractivity contribution in [1.29, 1.82) is 0 Å². The molecular weight excluding hydrogens is 194 g/mol. The predicted octanol–water partition coefficient (Wildman–Crippen LogP) is 1.55. The largest absolute Gasteiger partial charge is 0.479 e. The van der Waals surface area contributed by atoms with Crippen molar-refractivity contribution in [2.75, 3.05) is 12.4 Å². The van der Waals surface area contributed by atoms with Gasteiger partial charge in [-0.05, 0) is 24.6 Å². The first-order valence-electron chi connectivity index (χ1n) is 4.80. The smallest absolute Gasteiger partial charge is 0.265 e. The molecule has 1 aliphatic heterocycles. The Kier molecular flexibility index (Phi) is 2.60. The van der Waals surface area contributed by atoms with Gasteiger partial charge in [0.2, 0.25) is 0 Å². The molecule has 15 heavy (non-hydrogen) atoms. The molecule has 1 N–H and O–H groups in total. The normalized spacial score (nSPS) is 19.1. The molecule has 1 atom stereocenters. The summed E-state index contributed by atoms with van der Waals surface area (Å²) in [5, 5.41) is 2.79. The van der Waals surface area contributed by atoms with E-state index in [4.69, 9.17) is 9.47 Å². The molecular formula is C11H13NO3. The van der Waals surface area contributed by atoms with Gasteiger partial charge in [-0.25, -0.2) is 0 Å². The molecule has 1 aromatic rings. The molecule has 1 aromatic carbocycles. The average Bonchev–Trinajstić information content (AvgIpc) is 2.21. The molecule has 2 rings (SSSR count). The number of amides is 1. The van der Waals surface area contributed by atoms with Gasteiger partial charge >= 0.3 is 0 Å². The van der Waals surface area contributed by atoms with Crippen molar-refractivity contribution in [3.63, 3.8) is 0 Å². The van der Waals surface area contributed by atoms with E-state index in [9.17, 15) is 4.79 Å². The van der Waals surface area contributed by atoms with E-state index >= 15 is 0 Å². The molecule has 0 aromatic heterocycles. The third-order valence-electron chi connectivity index (χ3n) is 2.29. The van der Waals surface area contributed by atoms with E-state index in [1.807, 2.05) is 18.2 Å². The first-order chi connectivity index (χ1) is 7.20. The van der Waals surface area contributed by atoms with Crippen molar-refractivity contribution in [3.05, 3.63) is 23.8 Å². The van der Waals surface area contributed by atoms with Crippen LogP contribution in [0, 0.1) is 0 Å². The number of fused-ring (bicyclic) bond motifs is 1. The lowest BCUT2D eigenvalue weighted by molar-refractivity contribution is -0.122. The van der Waals surface area contributed by atoms with Crippen LogP contribution in [0.5, 0.6) is 5.75 Å². The maximum absolute atomic E-state index is 11.4. The summed E-state index contributed by atoms with van der Waals surface area (Å²) in [6.07, 6.45) is -0.425. The van der Waals surface area contributed by atoms with Gasteiger partial charge in [0.15, 0.2) is 6.10 Å². The third-order valence-corrected chi connectivity index (χ3v) is 2.29. The summed E-state index contributed by atoms with van der Waals surface area (Å²) in [6, 6.07) is 5.63. The number of rotatable bonds is 2. The summed E-state index contributed by atoms with van der Waals surface area (Å²) in [7, 11) is 1.64. The molecule has 4 nitrogen and oxygen atoms in total. The number of hydrogen-bond donors (Lipinski definition) is 1. The van der Waals surface area contributed by atoms with Gasteiger partial charge in [-0.3, -0.25) is 4.79 Å². The van der Waals surface area contributed by atoms with Gasteiger partial charge in [-0.1, -0.05) is 6.07 Å². The minimum absolute atomic E-state index is 0.114. The van der Waals surface area contributed by atoms with Crippen LogP contribution in [-0.2, 0) is 16.1 Å². The minimum Gasteiger partial charge on any atom is -0.479 e. The first-order valence-corrected chi connectivity index (χ1v) is 4.80. The fraction of sp³-hybridized carbons (Fsp3) is 0.364. The first kappa shape index (κ1) is 9.98. The Morgan fingerprint density at radius 2 is 2.33 bits per heavy atom. The zero-order valence-corrected chi connectivity index (χ0v) is 8.74. The zero-order chi connectivity index (χ0) is 10.8. The van der Waals surface area contributed by atoms with Gasteiger partial charge in [0.1, 0.15) is 5.75 Å². The molecule has 0 saturated carbocycles. The highest BCUT2D eigenvalue weighted by molar-refractivity contribution is 5.97. The minimum atomic E-state index is -0.425. The number of benzene rings is 1. The van der Waals surface area contributed by atoms with Crippen molar-refractivity contribution < 1.29 is 14.3 Å².